The lowest BCUT2D eigenvalue weighted by molar-refractivity contribution is -0.121. The number of hydrogen-bond donors (Lipinski definition) is 0. The zero-order valence-corrected chi connectivity index (χ0v) is 15.6. The number of carbonyl (C=O) groups is 1. The summed E-state index contributed by atoms with van der Waals surface area (Å²) in [5.74, 6) is 0.499. The van der Waals surface area contributed by atoms with Crippen molar-refractivity contribution in [1.29, 1.82) is 0 Å². The van der Waals surface area contributed by atoms with Gasteiger partial charge in [-0.25, -0.2) is 0 Å². The van der Waals surface area contributed by atoms with Crippen LogP contribution in [-0.4, -0.2) is 21.7 Å². The van der Waals surface area contributed by atoms with Crippen LogP contribution >= 0.6 is 47.3 Å². The number of thiocarbonyl (C=S) groups is 1. The van der Waals surface area contributed by atoms with E-state index in [2.05, 4.69) is 6.58 Å². The quantitative estimate of drug-likeness (QED) is 0.382. The summed E-state index contributed by atoms with van der Waals surface area (Å²) in [5.41, 5.74) is 0. The van der Waals surface area contributed by atoms with E-state index in [1.165, 1.54) is 28.4 Å². The molecule has 1 saturated heterocycles. The molecule has 0 radical (unpaired) electrons. The van der Waals surface area contributed by atoms with Crippen molar-refractivity contribution in [2.75, 3.05) is 6.54 Å². The first-order chi connectivity index (χ1) is 11.6. The molecule has 122 valence electrons. The number of benzene rings is 1. The Balaban J connectivity index is 1.74. The van der Waals surface area contributed by atoms with Crippen molar-refractivity contribution < 1.29 is 9.21 Å². The van der Waals surface area contributed by atoms with Crippen LogP contribution in [0.3, 0.4) is 0 Å². The number of amides is 1. The van der Waals surface area contributed by atoms with E-state index < -0.39 is 0 Å². The van der Waals surface area contributed by atoms with E-state index >= 15 is 0 Å². The molecule has 2 heterocycles. The smallest absolute Gasteiger partial charge is 0.266 e. The number of furan rings is 1. The predicted octanol–water partition coefficient (Wildman–Crippen LogP) is 5.47. The minimum absolute atomic E-state index is 0.117. The standard InChI is InChI=1S/C17H12ClNO2S3/c1-2-9-19-16(20)14(24-17(19)22)10-12-5-8-15(21-12)23-13-6-3-11(18)4-7-13/h2-8,10H,1,9H2/b14-10-. The van der Waals surface area contributed by atoms with Crippen molar-refractivity contribution in [2.24, 2.45) is 0 Å². The lowest BCUT2D eigenvalue weighted by atomic mass is 10.3. The van der Waals surface area contributed by atoms with Crippen LogP contribution in [0.15, 0.2) is 68.4 Å². The fraction of sp³-hybridized carbons (Fsp3) is 0.0588. The molecule has 2 aromatic rings. The molecule has 1 aliphatic heterocycles. The molecule has 1 fully saturated rings. The van der Waals surface area contributed by atoms with Crippen molar-refractivity contribution in [3.63, 3.8) is 0 Å². The van der Waals surface area contributed by atoms with Gasteiger partial charge in [0.15, 0.2) is 5.09 Å². The SMILES string of the molecule is C=CCN1C(=O)/C(=C/c2ccc(Sc3ccc(Cl)cc3)o2)SC1=S. The van der Waals surface area contributed by atoms with Gasteiger partial charge in [-0.3, -0.25) is 9.69 Å². The summed E-state index contributed by atoms with van der Waals surface area (Å²) in [7, 11) is 0. The summed E-state index contributed by atoms with van der Waals surface area (Å²) in [6, 6.07) is 11.2. The number of rotatable bonds is 5. The van der Waals surface area contributed by atoms with Gasteiger partial charge in [0.05, 0.1) is 4.91 Å². The summed E-state index contributed by atoms with van der Waals surface area (Å²) in [6.07, 6.45) is 3.37. The van der Waals surface area contributed by atoms with Crippen molar-refractivity contribution in [3.05, 3.63) is 64.7 Å². The predicted molar refractivity (Wildman–Crippen MR) is 104 cm³/mol. The normalized spacial score (nSPS) is 16.2. The Labute approximate surface area is 158 Å². The molecular formula is C17H12ClNO2S3. The molecular weight excluding hydrogens is 382 g/mol. The van der Waals surface area contributed by atoms with Crippen LogP contribution in [0.25, 0.3) is 6.08 Å². The molecule has 0 saturated carbocycles. The third-order valence-electron chi connectivity index (χ3n) is 3.09. The van der Waals surface area contributed by atoms with E-state index in [0.29, 0.717) is 26.6 Å². The maximum atomic E-state index is 12.3. The summed E-state index contributed by atoms with van der Waals surface area (Å²) < 4.78 is 6.30. The summed E-state index contributed by atoms with van der Waals surface area (Å²) in [5, 5.41) is 1.44. The van der Waals surface area contributed by atoms with Gasteiger partial charge in [-0.2, -0.15) is 0 Å². The van der Waals surface area contributed by atoms with Gasteiger partial charge in [-0.15, -0.1) is 6.58 Å². The van der Waals surface area contributed by atoms with Crippen LogP contribution in [0.4, 0.5) is 0 Å². The maximum absolute atomic E-state index is 12.3. The van der Waals surface area contributed by atoms with E-state index in [0.717, 1.165) is 9.99 Å². The molecule has 0 aliphatic carbocycles. The second kappa shape index (κ2) is 7.61. The van der Waals surface area contributed by atoms with Crippen LogP contribution < -0.4 is 0 Å². The van der Waals surface area contributed by atoms with E-state index in [9.17, 15) is 4.79 Å². The van der Waals surface area contributed by atoms with Gasteiger partial charge in [0.2, 0.25) is 0 Å². The molecule has 0 spiro atoms. The molecule has 0 N–H and O–H groups in total. The summed E-state index contributed by atoms with van der Waals surface area (Å²) in [6.45, 7) is 4.05. The maximum Gasteiger partial charge on any atom is 0.266 e. The van der Waals surface area contributed by atoms with Crippen LogP contribution in [0.5, 0.6) is 0 Å². The zero-order chi connectivity index (χ0) is 17.1. The molecule has 0 unspecified atom stereocenters. The average molecular weight is 394 g/mol. The zero-order valence-electron chi connectivity index (χ0n) is 12.4. The largest absolute Gasteiger partial charge is 0.450 e. The van der Waals surface area contributed by atoms with Gasteiger partial charge in [-0.1, -0.05) is 53.4 Å². The van der Waals surface area contributed by atoms with Gasteiger partial charge in [0.1, 0.15) is 10.1 Å². The first kappa shape index (κ1) is 17.4. The van der Waals surface area contributed by atoms with Crippen LogP contribution in [-0.2, 0) is 4.79 Å². The lowest BCUT2D eigenvalue weighted by Crippen LogP contribution is -2.27. The molecule has 3 nitrogen and oxygen atoms in total. The van der Waals surface area contributed by atoms with Gasteiger partial charge in [-0.05, 0) is 36.4 Å². The molecule has 7 heteroatoms. The van der Waals surface area contributed by atoms with Gasteiger partial charge in [0, 0.05) is 22.5 Å². The van der Waals surface area contributed by atoms with Crippen LogP contribution in [0.2, 0.25) is 5.02 Å². The van der Waals surface area contributed by atoms with Crippen molar-refractivity contribution >= 4 is 63.6 Å². The highest BCUT2D eigenvalue weighted by atomic mass is 35.5. The Morgan fingerprint density at radius 1 is 1.29 bits per heavy atom. The topological polar surface area (TPSA) is 33.5 Å². The Kier molecular flexibility index (Phi) is 5.50. The van der Waals surface area contributed by atoms with Crippen molar-refractivity contribution in [3.8, 4) is 0 Å². The van der Waals surface area contributed by atoms with Gasteiger partial charge >= 0.3 is 0 Å². The first-order valence-electron chi connectivity index (χ1n) is 6.96. The third kappa shape index (κ3) is 3.95. The number of carbonyl (C=O) groups excluding carboxylic acids is 1. The molecule has 0 bridgehead atoms. The number of thioether (sulfide) groups is 1. The van der Waals surface area contributed by atoms with Gasteiger partial charge in [0.25, 0.3) is 5.91 Å². The molecule has 24 heavy (non-hydrogen) atoms. The molecule has 0 atom stereocenters. The highest BCUT2D eigenvalue weighted by molar-refractivity contribution is 8.26. The number of hydrogen-bond acceptors (Lipinski definition) is 5. The Morgan fingerprint density at radius 2 is 2.04 bits per heavy atom. The van der Waals surface area contributed by atoms with E-state index in [1.54, 1.807) is 12.2 Å². The monoisotopic (exact) mass is 393 g/mol. The molecule has 1 aromatic heterocycles. The van der Waals surface area contributed by atoms with E-state index in [4.69, 9.17) is 28.2 Å². The Hall–Kier alpha value is -1.47. The Morgan fingerprint density at radius 3 is 2.75 bits per heavy atom. The van der Waals surface area contributed by atoms with E-state index in [1.807, 2.05) is 36.4 Å². The first-order valence-corrected chi connectivity index (χ1v) is 9.38. The summed E-state index contributed by atoms with van der Waals surface area (Å²) in [4.78, 5) is 15.4. The van der Waals surface area contributed by atoms with Crippen LogP contribution in [0.1, 0.15) is 5.76 Å². The second-order valence-electron chi connectivity index (χ2n) is 4.79. The third-order valence-corrected chi connectivity index (χ3v) is 5.65. The molecule has 1 aliphatic rings. The van der Waals surface area contributed by atoms with Gasteiger partial charge < -0.3 is 4.42 Å². The van der Waals surface area contributed by atoms with Crippen molar-refractivity contribution in [2.45, 2.75) is 9.99 Å². The fourth-order valence-electron chi connectivity index (χ4n) is 2.00. The fourth-order valence-corrected chi connectivity index (χ4v) is 4.16. The lowest BCUT2D eigenvalue weighted by Gasteiger charge is -2.10. The molecule has 3 rings (SSSR count). The molecule has 1 amide bonds. The number of halogens is 1. The van der Waals surface area contributed by atoms with E-state index in [-0.39, 0.29) is 5.91 Å². The van der Waals surface area contributed by atoms with Crippen LogP contribution in [0, 0.1) is 0 Å². The minimum Gasteiger partial charge on any atom is -0.450 e. The highest BCUT2D eigenvalue weighted by Crippen LogP contribution is 2.34. The summed E-state index contributed by atoms with van der Waals surface area (Å²) >= 11 is 13.9. The number of nitrogens with zero attached hydrogens (tertiary/aromatic N) is 1. The molecule has 1 aromatic carbocycles. The second-order valence-corrected chi connectivity index (χ2v) is 7.98. The minimum atomic E-state index is -0.117. The Bertz CT molecular complexity index is 827. The highest BCUT2D eigenvalue weighted by Gasteiger charge is 2.31. The van der Waals surface area contributed by atoms with Crippen molar-refractivity contribution in [1.82, 2.24) is 4.90 Å². The average Bonchev–Trinajstić information content (AvgIpc) is 3.10.